The smallest absolute Gasteiger partial charge is 0.322 e. The lowest BCUT2D eigenvalue weighted by Crippen LogP contribution is -2.40. The van der Waals surface area contributed by atoms with E-state index in [0.29, 0.717) is 38.8 Å². The second-order valence-electron chi connectivity index (χ2n) is 6.44. The molecular formula is C17H20N4O6S. The fraction of sp³-hybridized carbons (Fsp3) is 0.471. The molecule has 4 rings (SSSR count). The van der Waals surface area contributed by atoms with Gasteiger partial charge in [-0.25, -0.2) is 8.42 Å². The third-order valence-corrected chi connectivity index (χ3v) is 6.50. The van der Waals surface area contributed by atoms with Gasteiger partial charge < -0.3 is 13.9 Å². The van der Waals surface area contributed by atoms with Gasteiger partial charge in [-0.05, 0) is 37.1 Å². The van der Waals surface area contributed by atoms with Crippen LogP contribution in [0.4, 0.5) is 6.01 Å². The minimum Gasteiger partial charge on any atom is -0.405 e. The first-order valence-corrected chi connectivity index (χ1v) is 10.4. The Morgan fingerprint density at radius 2 is 1.86 bits per heavy atom. The van der Waals surface area contributed by atoms with Crippen LogP contribution < -0.4 is 5.32 Å². The first-order valence-electron chi connectivity index (χ1n) is 8.98. The lowest BCUT2D eigenvalue weighted by molar-refractivity contribution is 0.0730. The number of morpholine rings is 1. The van der Waals surface area contributed by atoms with Crippen LogP contribution in [0.2, 0.25) is 0 Å². The van der Waals surface area contributed by atoms with Gasteiger partial charge in [0.1, 0.15) is 6.10 Å². The van der Waals surface area contributed by atoms with Gasteiger partial charge >= 0.3 is 6.01 Å². The van der Waals surface area contributed by atoms with Crippen molar-refractivity contribution >= 4 is 21.9 Å². The van der Waals surface area contributed by atoms with Crippen molar-refractivity contribution in [2.45, 2.75) is 23.8 Å². The van der Waals surface area contributed by atoms with Crippen molar-refractivity contribution in [3.63, 3.8) is 0 Å². The van der Waals surface area contributed by atoms with E-state index in [1.807, 2.05) is 0 Å². The topological polar surface area (TPSA) is 124 Å². The first-order chi connectivity index (χ1) is 13.5. The van der Waals surface area contributed by atoms with Crippen LogP contribution >= 0.6 is 0 Å². The first kappa shape index (κ1) is 19.0. The molecule has 2 saturated heterocycles. The van der Waals surface area contributed by atoms with Crippen molar-refractivity contribution in [2.75, 3.05) is 38.2 Å². The van der Waals surface area contributed by atoms with E-state index in [-0.39, 0.29) is 22.6 Å². The molecule has 28 heavy (non-hydrogen) atoms. The number of ether oxygens (including phenoxy) is 2. The second-order valence-corrected chi connectivity index (χ2v) is 8.38. The molecule has 0 aliphatic carbocycles. The molecule has 2 aromatic rings. The number of nitrogens with zero attached hydrogens (tertiary/aromatic N) is 3. The number of benzene rings is 1. The van der Waals surface area contributed by atoms with Gasteiger partial charge in [0.2, 0.25) is 15.9 Å². The SMILES string of the molecule is O=C(Nc1nnc([C@@H]2CCCO2)o1)c1ccc(S(=O)(=O)N2CCOCC2)cc1. The molecule has 1 aromatic heterocycles. The van der Waals surface area contributed by atoms with E-state index in [2.05, 4.69) is 15.5 Å². The number of nitrogens with one attached hydrogen (secondary N) is 1. The fourth-order valence-corrected chi connectivity index (χ4v) is 4.48. The summed E-state index contributed by atoms with van der Waals surface area (Å²) < 4.78 is 42.7. The minimum absolute atomic E-state index is 0.0273. The number of hydrogen-bond donors (Lipinski definition) is 1. The maximum Gasteiger partial charge on any atom is 0.322 e. The molecular weight excluding hydrogens is 388 g/mol. The van der Waals surface area contributed by atoms with Crippen LogP contribution in [0.1, 0.15) is 35.2 Å². The van der Waals surface area contributed by atoms with Crippen LogP contribution in [0.3, 0.4) is 0 Å². The van der Waals surface area contributed by atoms with Crippen LogP contribution in [0.5, 0.6) is 0 Å². The number of amides is 1. The number of sulfonamides is 1. The Balaban J connectivity index is 1.42. The molecule has 1 amide bonds. The van der Waals surface area contributed by atoms with Crippen molar-refractivity contribution in [1.82, 2.24) is 14.5 Å². The van der Waals surface area contributed by atoms with Gasteiger partial charge in [0, 0.05) is 25.3 Å². The molecule has 1 N–H and O–H groups in total. The van der Waals surface area contributed by atoms with Crippen LogP contribution in [0.25, 0.3) is 0 Å². The van der Waals surface area contributed by atoms with Crippen molar-refractivity contribution in [3.8, 4) is 0 Å². The molecule has 10 nitrogen and oxygen atoms in total. The number of hydrogen-bond acceptors (Lipinski definition) is 8. The summed E-state index contributed by atoms with van der Waals surface area (Å²) in [5.74, 6) is -0.141. The van der Waals surface area contributed by atoms with Crippen LogP contribution in [-0.4, -0.2) is 61.7 Å². The summed E-state index contributed by atoms with van der Waals surface area (Å²) in [5.41, 5.74) is 0.276. The average Bonchev–Trinajstić information content (AvgIpc) is 3.40. The van der Waals surface area contributed by atoms with E-state index in [1.54, 1.807) is 0 Å². The molecule has 0 radical (unpaired) electrons. The molecule has 0 saturated carbocycles. The molecule has 1 aromatic carbocycles. The fourth-order valence-electron chi connectivity index (χ4n) is 3.07. The van der Waals surface area contributed by atoms with Gasteiger partial charge in [-0.2, -0.15) is 4.31 Å². The predicted molar refractivity (Wildman–Crippen MR) is 96.2 cm³/mol. The van der Waals surface area contributed by atoms with Crippen molar-refractivity contribution in [2.24, 2.45) is 0 Å². The van der Waals surface area contributed by atoms with E-state index in [0.717, 1.165) is 12.8 Å². The van der Waals surface area contributed by atoms with Gasteiger partial charge in [0.15, 0.2) is 0 Å². The average molecular weight is 408 g/mol. The maximum atomic E-state index is 12.6. The van der Waals surface area contributed by atoms with Crippen LogP contribution in [-0.2, 0) is 19.5 Å². The molecule has 11 heteroatoms. The zero-order valence-corrected chi connectivity index (χ0v) is 15.9. The highest BCUT2D eigenvalue weighted by molar-refractivity contribution is 7.89. The Morgan fingerprint density at radius 3 is 2.54 bits per heavy atom. The Hall–Kier alpha value is -2.34. The Bertz CT molecular complexity index is 931. The zero-order chi connectivity index (χ0) is 19.6. The molecule has 2 aliphatic heterocycles. The van der Waals surface area contributed by atoms with Gasteiger partial charge in [0.25, 0.3) is 5.91 Å². The zero-order valence-electron chi connectivity index (χ0n) is 15.0. The standard InChI is InChI=1S/C17H20N4O6S/c22-15(18-17-20-19-16(27-17)14-2-1-9-26-14)12-3-5-13(6-4-12)28(23,24)21-7-10-25-11-8-21/h3-6,14H,1-2,7-11H2,(H,18,20,22)/t14-/m0/s1. The minimum atomic E-state index is -3.60. The third-order valence-electron chi connectivity index (χ3n) is 4.59. The number of anilines is 1. The lowest BCUT2D eigenvalue weighted by Gasteiger charge is -2.26. The molecule has 0 bridgehead atoms. The molecule has 150 valence electrons. The van der Waals surface area contributed by atoms with E-state index in [9.17, 15) is 13.2 Å². The third kappa shape index (κ3) is 3.92. The largest absolute Gasteiger partial charge is 0.405 e. The summed E-state index contributed by atoms with van der Waals surface area (Å²) >= 11 is 0. The van der Waals surface area contributed by atoms with Crippen LogP contribution in [0, 0.1) is 0 Å². The Morgan fingerprint density at radius 1 is 1.11 bits per heavy atom. The van der Waals surface area contributed by atoms with Crippen molar-refractivity contribution < 1.29 is 27.1 Å². The van der Waals surface area contributed by atoms with E-state index in [4.69, 9.17) is 13.9 Å². The Labute approximate surface area is 161 Å². The second kappa shape index (κ2) is 7.95. The molecule has 2 fully saturated rings. The highest BCUT2D eigenvalue weighted by Crippen LogP contribution is 2.28. The number of carbonyl (C=O) groups excluding carboxylic acids is 1. The summed E-state index contributed by atoms with van der Waals surface area (Å²) in [4.78, 5) is 12.5. The van der Waals surface area contributed by atoms with Crippen molar-refractivity contribution in [3.05, 3.63) is 35.7 Å². The van der Waals surface area contributed by atoms with Gasteiger partial charge in [-0.15, -0.1) is 5.10 Å². The van der Waals surface area contributed by atoms with E-state index >= 15 is 0 Å². The molecule has 1 atom stereocenters. The highest BCUT2D eigenvalue weighted by Gasteiger charge is 2.27. The summed E-state index contributed by atoms with van der Waals surface area (Å²) in [6.07, 6.45) is 1.49. The summed E-state index contributed by atoms with van der Waals surface area (Å²) in [6, 6.07) is 5.68. The normalized spacial score (nSPS) is 20.9. The molecule has 0 unspecified atom stereocenters. The van der Waals surface area contributed by atoms with Gasteiger partial charge in [-0.1, -0.05) is 5.10 Å². The Kier molecular flexibility index (Phi) is 5.40. The number of rotatable bonds is 5. The predicted octanol–water partition coefficient (Wildman–Crippen LogP) is 1.19. The van der Waals surface area contributed by atoms with Crippen LogP contribution in [0.15, 0.2) is 33.6 Å². The van der Waals surface area contributed by atoms with Crippen molar-refractivity contribution in [1.29, 1.82) is 0 Å². The summed E-state index contributed by atoms with van der Waals surface area (Å²) in [5, 5.41) is 10.2. The number of carbonyl (C=O) groups is 1. The molecule has 2 aliphatic rings. The maximum absolute atomic E-state index is 12.6. The number of aromatic nitrogens is 2. The quantitative estimate of drug-likeness (QED) is 0.782. The van der Waals surface area contributed by atoms with Gasteiger partial charge in [-0.3, -0.25) is 10.1 Å². The molecule has 3 heterocycles. The highest BCUT2D eigenvalue weighted by atomic mass is 32.2. The van der Waals surface area contributed by atoms with Gasteiger partial charge in [0.05, 0.1) is 18.1 Å². The summed E-state index contributed by atoms with van der Waals surface area (Å²) in [6.45, 7) is 2.02. The summed E-state index contributed by atoms with van der Waals surface area (Å²) in [7, 11) is -3.60. The van der Waals surface area contributed by atoms with E-state index in [1.165, 1.54) is 28.6 Å². The lowest BCUT2D eigenvalue weighted by atomic mass is 10.2. The van der Waals surface area contributed by atoms with E-state index < -0.39 is 15.9 Å². The molecule has 0 spiro atoms. The monoisotopic (exact) mass is 408 g/mol.